The number of hydrogen-bond donors (Lipinski definition) is 1. The smallest absolute Gasteiger partial charge is 0.328 e. The average Bonchev–Trinajstić information content (AvgIpc) is 2.09. The Labute approximate surface area is 79.1 Å². The maximum absolute atomic E-state index is 11.7. The molecule has 0 spiro atoms. The Bertz CT molecular complexity index is 237. The number of rotatable bonds is 3. The highest BCUT2D eigenvalue weighted by Crippen LogP contribution is 2.12. The molecule has 0 aromatic heterocycles. The summed E-state index contributed by atoms with van der Waals surface area (Å²) in [4.78, 5) is 15.2. The fraction of sp³-hybridized carbons (Fsp3) is 0.429. The number of hydrogen-bond acceptors (Lipinski definition) is 2. The molecule has 0 rings (SSSR count). The Morgan fingerprint density at radius 1 is 1.64 bits per heavy atom. The van der Waals surface area contributed by atoms with Crippen molar-refractivity contribution < 1.29 is 18.0 Å². The summed E-state index contributed by atoms with van der Waals surface area (Å²) in [6, 6.07) is -0.928. The lowest BCUT2D eigenvalue weighted by Gasteiger charge is -2.14. The van der Waals surface area contributed by atoms with Gasteiger partial charge >= 0.3 is 12.2 Å². The van der Waals surface area contributed by atoms with Crippen LogP contribution in [-0.4, -0.2) is 37.0 Å². The second-order valence-corrected chi connectivity index (χ2v) is 2.24. The Morgan fingerprint density at radius 3 is 2.57 bits per heavy atom. The molecule has 0 heterocycles. The highest BCUT2D eigenvalue weighted by Gasteiger charge is 2.28. The van der Waals surface area contributed by atoms with E-state index in [-0.39, 0.29) is 0 Å². The summed E-state index contributed by atoms with van der Waals surface area (Å²) in [5, 5.41) is 1.66. The van der Waals surface area contributed by atoms with Crippen LogP contribution in [0.1, 0.15) is 0 Å². The molecule has 0 fully saturated rings. The summed E-state index contributed by atoms with van der Waals surface area (Å²) in [5.41, 5.74) is 0. The van der Waals surface area contributed by atoms with Crippen molar-refractivity contribution in [3.63, 3.8) is 0 Å². The zero-order valence-corrected chi connectivity index (χ0v) is 7.51. The first-order chi connectivity index (χ1) is 6.40. The van der Waals surface area contributed by atoms with Crippen molar-refractivity contribution in [3.8, 4) is 0 Å². The van der Waals surface area contributed by atoms with Gasteiger partial charge in [-0.2, -0.15) is 13.2 Å². The van der Waals surface area contributed by atoms with E-state index in [9.17, 15) is 18.0 Å². The normalized spacial score (nSPS) is 11.4. The van der Waals surface area contributed by atoms with Crippen molar-refractivity contribution in [2.45, 2.75) is 6.18 Å². The zero-order chi connectivity index (χ0) is 11.2. The molecule has 0 radical (unpaired) electrons. The Hall–Kier alpha value is -1.53. The lowest BCUT2D eigenvalue weighted by Crippen LogP contribution is -2.40. The predicted molar refractivity (Wildman–Crippen MR) is 45.9 cm³/mol. The molecule has 0 bridgehead atoms. The number of carbonyl (C=O) groups is 1. The molecule has 0 aliphatic heterocycles. The van der Waals surface area contributed by atoms with Crippen LogP contribution in [-0.2, 0) is 0 Å². The van der Waals surface area contributed by atoms with Crippen LogP contribution >= 0.6 is 0 Å². The van der Waals surface area contributed by atoms with Crippen LogP contribution in [0.2, 0.25) is 0 Å². The van der Waals surface area contributed by atoms with Crippen LogP contribution in [0.4, 0.5) is 18.0 Å². The van der Waals surface area contributed by atoms with Gasteiger partial charge < -0.3 is 5.32 Å². The zero-order valence-electron chi connectivity index (χ0n) is 7.51. The van der Waals surface area contributed by atoms with Crippen molar-refractivity contribution in [2.24, 2.45) is 4.99 Å². The fourth-order valence-electron chi connectivity index (χ4n) is 0.574. The highest BCUT2D eigenvalue weighted by atomic mass is 19.4. The minimum atomic E-state index is -4.42. The molecule has 1 N–H and O–H groups in total. The lowest BCUT2D eigenvalue weighted by molar-refractivity contribution is -0.122. The van der Waals surface area contributed by atoms with Gasteiger partial charge in [0.2, 0.25) is 0 Å². The molecule has 0 aliphatic rings. The average molecular weight is 209 g/mol. The van der Waals surface area contributed by atoms with E-state index >= 15 is 0 Å². The number of halogens is 3. The van der Waals surface area contributed by atoms with E-state index in [1.165, 1.54) is 7.05 Å². The molecule has 0 aromatic carbocycles. The molecular weight excluding hydrogens is 199 g/mol. The number of aliphatic imine (C=N–C) groups is 1. The number of nitrogens with zero attached hydrogens (tertiary/aromatic N) is 2. The summed E-state index contributed by atoms with van der Waals surface area (Å²) in [6.07, 6.45) is -2.32. The van der Waals surface area contributed by atoms with Crippen LogP contribution in [0, 0.1) is 0 Å². The number of alkyl halides is 3. The Morgan fingerprint density at radius 2 is 2.21 bits per heavy atom. The molecule has 80 valence electrons. The van der Waals surface area contributed by atoms with Crippen molar-refractivity contribution in [1.29, 1.82) is 0 Å². The van der Waals surface area contributed by atoms with E-state index in [1.54, 1.807) is 5.32 Å². The predicted octanol–water partition coefficient (Wildman–Crippen LogP) is 1.36. The third-order valence-electron chi connectivity index (χ3n) is 1.11. The van der Waals surface area contributed by atoms with E-state index in [2.05, 4.69) is 11.6 Å². The number of nitrogens with one attached hydrogen (secondary N) is 1. The van der Waals surface area contributed by atoms with Crippen molar-refractivity contribution in [3.05, 3.63) is 12.8 Å². The van der Waals surface area contributed by atoms with Gasteiger partial charge in [0.1, 0.15) is 6.54 Å². The lowest BCUT2D eigenvalue weighted by atomic mass is 10.6. The van der Waals surface area contributed by atoms with Gasteiger partial charge in [0, 0.05) is 13.2 Å². The maximum atomic E-state index is 11.7. The minimum Gasteiger partial charge on any atom is -0.328 e. The standard InChI is InChI=1S/C7H10F3N3O/c1-3-13(5-11-2)6(14)12-4-7(8,9)10/h3,5H,1,4H2,2H3,(H,12,14)/b11-5-. The Kier molecular flexibility index (Phi) is 4.68. The van der Waals surface area contributed by atoms with Crippen LogP contribution in [0.25, 0.3) is 0 Å². The second-order valence-electron chi connectivity index (χ2n) is 2.24. The highest BCUT2D eigenvalue weighted by molar-refractivity contribution is 5.87. The summed E-state index contributed by atoms with van der Waals surface area (Å²) >= 11 is 0. The summed E-state index contributed by atoms with van der Waals surface area (Å²) in [7, 11) is 1.38. The van der Waals surface area contributed by atoms with Crippen LogP contribution in [0.3, 0.4) is 0 Å². The molecular formula is C7H10F3N3O. The number of urea groups is 1. The first-order valence-corrected chi connectivity index (χ1v) is 3.58. The molecule has 0 atom stereocenters. The third-order valence-corrected chi connectivity index (χ3v) is 1.11. The van der Waals surface area contributed by atoms with Gasteiger partial charge in [0.05, 0.1) is 6.34 Å². The minimum absolute atomic E-state index is 0.811. The van der Waals surface area contributed by atoms with Crippen molar-refractivity contribution >= 4 is 12.4 Å². The summed E-state index contributed by atoms with van der Waals surface area (Å²) in [5.74, 6) is 0. The van der Waals surface area contributed by atoms with Gasteiger partial charge in [0.15, 0.2) is 0 Å². The number of amides is 2. The van der Waals surface area contributed by atoms with Crippen LogP contribution < -0.4 is 5.32 Å². The molecule has 2 amide bonds. The largest absolute Gasteiger partial charge is 0.405 e. The van der Waals surface area contributed by atoms with E-state index in [1.807, 2.05) is 0 Å². The van der Waals surface area contributed by atoms with Crippen molar-refractivity contribution in [2.75, 3.05) is 13.6 Å². The quantitative estimate of drug-likeness (QED) is 0.553. The van der Waals surface area contributed by atoms with Crippen LogP contribution in [0.15, 0.2) is 17.8 Å². The molecule has 0 aliphatic carbocycles. The van der Waals surface area contributed by atoms with E-state index in [4.69, 9.17) is 0 Å². The van der Waals surface area contributed by atoms with Crippen LogP contribution in [0.5, 0.6) is 0 Å². The molecule has 0 saturated heterocycles. The summed E-state index contributed by atoms with van der Waals surface area (Å²) < 4.78 is 35.0. The third kappa shape index (κ3) is 5.18. The molecule has 4 nitrogen and oxygen atoms in total. The molecule has 0 aromatic rings. The second kappa shape index (κ2) is 5.25. The SMILES string of the molecule is C=CN(/C=N\C)C(=O)NCC(F)(F)F. The topological polar surface area (TPSA) is 44.7 Å². The van der Waals surface area contributed by atoms with Gasteiger partial charge in [0.25, 0.3) is 0 Å². The van der Waals surface area contributed by atoms with Gasteiger partial charge in [-0.25, -0.2) is 4.79 Å². The molecule has 0 unspecified atom stereocenters. The molecule has 0 saturated carbocycles. The molecule has 7 heteroatoms. The van der Waals surface area contributed by atoms with E-state index in [0.717, 1.165) is 17.4 Å². The van der Waals surface area contributed by atoms with Gasteiger partial charge in [-0.1, -0.05) is 6.58 Å². The fourth-order valence-corrected chi connectivity index (χ4v) is 0.574. The maximum Gasteiger partial charge on any atom is 0.405 e. The van der Waals surface area contributed by atoms with E-state index in [0.29, 0.717) is 0 Å². The van der Waals surface area contributed by atoms with Gasteiger partial charge in [-0.05, 0) is 0 Å². The monoisotopic (exact) mass is 209 g/mol. The van der Waals surface area contributed by atoms with Gasteiger partial charge in [-0.15, -0.1) is 0 Å². The van der Waals surface area contributed by atoms with Crippen molar-refractivity contribution in [1.82, 2.24) is 10.2 Å². The first-order valence-electron chi connectivity index (χ1n) is 3.58. The Balaban J connectivity index is 4.12. The van der Waals surface area contributed by atoms with Gasteiger partial charge in [-0.3, -0.25) is 9.89 Å². The molecule has 14 heavy (non-hydrogen) atoms. The van der Waals surface area contributed by atoms with E-state index < -0.39 is 18.8 Å². The first kappa shape index (κ1) is 12.5. The number of carbonyl (C=O) groups excluding carboxylic acids is 1. The summed E-state index contributed by atoms with van der Waals surface area (Å²) in [6.45, 7) is 1.86.